The molecule has 1 aromatic heterocycles. The molecule has 1 aliphatic heterocycles. The largest absolute Gasteiger partial charge is 0.475 e. The van der Waals surface area contributed by atoms with Crippen molar-refractivity contribution in [3.8, 4) is 0 Å². The first kappa shape index (κ1) is 21.6. The molecule has 0 aromatic carbocycles. The number of carbonyl (C=O) groups is 2. The maximum Gasteiger partial charge on any atom is 0.475 e. The molecule has 4 N–H and O–H groups in total. The quantitative estimate of drug-likeness (QED) is 0.391. The third-order valence-electron chi connectivity index (χ3n) is 5.40. The highest BCUT2D eigenvalue weighted by molar-refractivity contribution is 6.43. The van der Waals surface area contributed by atoms with E-state index in [-0.39, 0.29) is 17.7 Å². The van der Waals surface area contributed by atoms with Crippen molar-refractivity contribution >= 4 is 24.9 Å². The Kier molecular flexibility index (Phi) is 6.79. The summed E-state index contributed by atoms with van der Waals surface area (Å²) in [6.45, 7) is 6.20. The second kappa shape index (κ2) is 9.12. The number of carbonyl (C=O) groups excluding carboxylic acids is 2. The fourth-order valence-electron chi connectivity index (χ4n) is 3.52. The SMILES string of the molecule is Cc1nnc(N2CC[C@H]2C(=O)N[C@@H](CC2CC2)C(=O)N[C@H](CC(C)C)B(O)O)o1. The molecule has 160 valence electrons. The van der Waals surface area contributed by atoms with Crippen LogP contribution in [0.15, 0.2) is 4.42 Å². The van der Waals surface area contributed by atoms with Gasteiger partial charge in [0.15, 0.2) is 0 Å². The number of hydrogen-bond donors (Lipinski definition) is 4. The van der Waals surface area contributed by atoms with E-state index in [1.54, 1.807) is 11.8 Å². The van der Waals surface area contributed by atoms with Gasteiger partial charge in [0, 0.05) is 13.5 Å². The molecule has 0 unspecified atom stereocenters. The average Bonchev–Trinajstić information content (AvgIpc) is 3.32. The van der Waals surface area contributed by atoms with Gasteiger partial charge in [-0.1, -0.05) is 31.8 Å². The maximum atomic E-state index is 12.8. The fraction of sp³-hybridized carbons (Fsp3) is 0.778. The van der Waals surface area contributed by atoms with Crippen LogP contribution in [0, 0.1) is 18.8 Å². The van der Waals surface area contributed by atoms with Crippen molar-refractivity contribution in [3.63, 3.8) is 0 Å². The standard InChI is InChI=1S/C18H30BN5O5/c1-10(2)8-15(19(27)28)21-16(25)13(9-12-4-5-12)20-17(26)14-6-7-24(14)18-23-22-11(3)29-18/h10,12-15,27-28H,4-9H2,1-3H3,(H,20,26)(H,21,25)/t13-,14-,15+/m0/s1. The van der Waals surface area contributed by atoms with Gasteiger partial charge in [-0.15, -0.1) is 5.10 Å². The van der Waals surface area contributed by atoms with Crippen molar-refractivity contribution in [1.29, 1.82) is 0 Å². The van der Waals surface area contributed by atoms with Crippen LogP contribution in [-0.2, 0) is 9.59 Å². The molecule has 2 fully saturated rings. The minimum absolute atomic E-state index is 0.181. The number of anilines is 1. The van der Waals surface area contributed by atoms with Gasteiger partial charge in [-0.2, -0.15) is 0 Å². The Balaban J connectivity index is 1.62. The Morgan fingerprint density at radius 3 is 2.45 bits per heavy atom. The van der Waals surface area contributed by atoms with Crippen molar-refractivity contribution < 1.29 is 24.1 Å². The highest BCUT2D eigenvalue weighted by Gasteiger charge is 2.40. The van der Waals surface area contributed by atoms with E-state index in [0.29, 0.717) is 43.6 Å². The van der Waals surface area contributed by atoms with Gasteiger partial charge < -0.3 is 30.0 Å². The molecule has 11 heteroatoms. The number of rotatable bonds is 10. The molecule has 10 nitrogen and oxygen atoms in total. The number of aryl methyl sites for hydroxylation is 1. The monoisotopic (exact) mass is 407 g/mol. The lowest BCUT2D eigenvalue weighted by Crippen LogP contribution is -2.61. The third-order valence-corrected chi connectivity index (χ3v) is 5.40. The Morgan fingerprint density at radius 1 is 1.24 bits per heavy atom. The molecule has 29 heavy (non-hydrogen) atoms. The van der Waals surface area contributed by atoms with Crippen LogP contribution in [0.2, 0.25) is 0 Å². The number of amides is 2. The number of nitrogens with zero attached hydrogens (tertiary/aromatic N) is 3. The highest BCUT2D eigenvalue weighted by atomic mass is 16.4. The minimum atomic E-state index is -1.65. The fourth-order valence-corrected chi connectivity index (χ4v) is 3.52. The summed E-state index contributed by atoms with van der Waals surface area (Å²) in [4.78, 5) is 27.4. The summed E-state index contributed by atoms with van der Waals surface area (Å²) in [5, 5.41) is 32.5. The Morgan fingerprint density at radius 2 is 1.97 bits per heavy atom. The van der Waals surface area contributed by atoms with Gasteiger partial charge in [-0.25, -0.2) is 0 Å². The van der Waals surface area contributed by atoms with E-state index in [1.807, 2.05) is 13.8 Å². The second-order valence-corrected chi connectivity index (χ2v) is 8.50. The van der Waals surface area contributed by atoms with Gasteiger partial charge in [-0.05, 0) is 31.1 Å². The normalized spacial score (nSPS) is 20.8. The van der Waals surface area contributed by atoms with Crippen molar-refractivity contribution in [3.05, 3.63) is 5.89 Å². The van der Waals surface area contributed by atoms with Crippen LogP contribution < -0.4 is 15.5 Å². The predicted octanol–water partition coefficient (Wildman–Crippen LogP) is -0.215. The van der Waals surface area contributed by atoms with Crippen LogP contribution in [-0.4, -0.2) is 63.7 Å². The van der Waals surface area contributed by atoms with Gasteiger partial charge in [-0.3, -0.25) is 9.59 Å². The lowest BCUT2D eigenvalue weighted by atomic mass is 9.75. The number of nitrogens with one attached hydrogen (secondary N) is 2. The molecule has 1 saturated heterocycles. The predicted molar refractivity (Wildman–Crippen MR) is 106 cm³/mol. The zero-order valence-corrected chi connectivity index (χ0v) is 17.2. The van der Waals surface area contributed by atoms with E-state index in [4.69, 9.17) is 4.42 Å². The summed E-state index contributed by atoms with van der Waals surface area (Å²) in [6, 6.07) is -0.868. The van der Waals surface area contributed by atoms with Crippen LogP contribution in [0.5, 0.6) is 0 Å². The van der Waals surface area contributed by atoms with Gasteiger partial charge in [0.05, 0.1) is 5.94 Å². The minimum Gasteiger partial charge on any atom is -0.426 e. The summed E-state index contributed by atoms with van der Waals surface area (Å²) in [5.41, 5.74) is 0. The molecule has 1 aliphatic carbocycles. The number of hydrogen-bond acceptors (Lipinski definition) is 8. The van der Waals surface area contributed by atoms with Crippen molar-refractivity contribution in [2.45, 2.75) is 70.9 Å². The highest BCUT2D eigenvalue weighted by Crippen LogP contribution is 2.34. The molecule has 2 amide bonds. The summed E-state index contributed by atoms with van der Waals surface area (Å²) in [5.74, 6) is -0.412. The molecule has 3 atom stereocenters. The Hall–Kier alpha value is -2.14. The van der Waals surface area contributed by atoms with E-state index in [9.17, 15) is 19.6 Å². The molecular formula is C18H30BN5O5. The third kappa shape index (κ3) is 5.69. The van der Waals surface area contributed by atoms with Crippen LogP contribution in [0.3, 0.4) is 0 Å². The van der Waals surface area contributed by atoms with E-state index in [0.717, 1.165) is 12.8 Å². The summed E-state index contributed by atoms with van der Waals surface area (Å²) < 4.78 is 5.40. The van der Waals surface area contributed by atoms with E-state index in [1.165, 1.54) is 0 Å². The lowest BCUT2D eigenvalue weighted by molar-refractivity contribution is -0.130. The second-order valence-electron chi connectivity index (χ2n) is 8.50. The molecule has 3 rings (SSSR count). The van der Waals surface area contributed by atoms with Gasteiger partial charge in [0.25, 0.3) is 0 Å². The molecule has 1 aromatic rings. The molecule has 2 heterocycles. The van der Waals surface area contributed by atoms with Crippen molar-refractivity contribution in [1.82, 2.24) is 20.8 Å². The molecule has 0 spiro atoms. The maximum absolute atomic E-state index is 12.8. The van der Waals surface area contributed by atoms with Gasteiger partial charge in [0.1, 0.15) is 12.1 Å². The van der Waals surface area contributed by atoms with E-state index < -0.39 is 25.1 Å². The lowest BCUT2D eigenvalue weighted by Gasteiger charge is -2.38. The molecule has 0 bridgehead atoms. The van der Waals surface area contributed by atoms with Crippen LogP contribution in [0.1, 0.15) is 51.8 Å². The zero-order chi connectivity index (χ0) is 21.1. The van der Waals surface area contributed by atoms with Crippen LogP contribution in [0.25, 0.3) is 0 Å². The Bertz CT molecular complexity index is 723. The van der Waals surface area contributed by atoms with Crippen LogP contribution >= 0.6 is 0 Å². The van der Waals surface area contributed by atoms with Gasteiger partial charge in [0.2, 0.25) is 17.7 Å². The zero-order valence-electron chi connectivity index (χ0n) is 17.2. The molecular weight excluding hydrogens is 377 g/mol. The first-order valence-electron chi connectivity index (χ1n) is 10.3. The first-order valence-corrected chi connectivity index (χ1v) is 10.3. The van der Waals surface area contributed by atoms with E-state index >= 15 is 0 Å². The number of aromatic nitrogens is 2. The summed E-state index contributed by atoms with van der Waals surface area (Å²) in [7, 11) is -1.65. The topological polar surface area (TPSA) is 141 Å². The molecule has 0 radical (unpaired) electrons. The summed E-state index contributed by atoms with van der Waals surface area (Å²) in [6.07, 6.45) is 3.68. The smallest absolute Gasteiger partial charge is 0.426 e. The molecule has 1 saturated carbocycles. The van der Waals surface area contributed by atoms with Crippen molar-refractivity contribution in [2.24, 2.45) is 11.8 Å². The first-order chi connectivity index (χ1) is 13.7. The van der Waals surface area contributed by atoms with Crippen molar-refractivity contribution in [2.75, 3.05) is 11.4 Å². The van der Waals surface area contributed by atoms with Gasteiger partial charge >= 0.3 is 13.1 Å². The molecule has 2 aliphatic rings. The summed E-state index contributed by atoms with van der Waals surface area (Å²) >= 11 is 0. The average molecular weight is 407 g/mol. The van der Waals surface area contributed by atoms with Crippen LogP contribution in [0.4, 0.5) is 6.01 Å². The Labute approximate surface area is 170 Å². The van der Waals surface area contributed by atoms with E-state index in [2.05, 4.69) is 20.8 Å².